The largest absolute Gasteiger partial charge is 0.487 e. The van der Waals surface area contributed by atoms with Crippen LogP contribution < -0.4 is 14.4 Å². The van der Waals surface area contributed by atoms with Crippen molar-refractivity contribution in [1.29, 1.82) is 0 Å². The maximum atomic E-state index is 13.2. The summed E-state index contributed by atoms with van der Waals surface area (Å²) in [5.41, 5.74) is 3.65. The summed E-state index contributed by atoms with van der Waals surface area (Å²) in [5, 5.41) is 3.19. The van der Waals surface area contributed by atoms with Crippen LogP contribution in [0.5, 0.6) is 5.75 Å². The Bertz CT molecular complexity index is 1310. The topological polar surface area (TPSA) is 75.7 Å². The molecule has 0 radical (unpaired) electrons. The predicted molar refractivity (Wildman–Crippen MR) is 144 cm³/mol. The van der Waals surface area contributed by atoms with E-state index in [1.165, 1.54) is 10.6 Å². The number of hydrogen-bond acceptors (Lipinski definition) is 4. The molecule has 6 nitrogen and oxygen atoms in total. The summed E-state index contributed by atoms with van der Waals surface area (Å²) in [7, 11) is -3.52. The van der Waals surface area contributed by atoms with Crippen LogP contribution >= 0.6 is 0 Å². The molecule has 0 aliphatic carbocycles. The molecule has 0 aromatic heterocycles. The second-order valence-corrected chi connectivity index (χ2v) is 11.5. The SMILES string of the molecule is CCC1(CC)C[C@H](NC(=O)c2ccc(N(Cc3ccc(C)cc3)S(C)(=O)=O)cc2)c2ccccc2O1. The van der Waals surface area contributed by atoms with Gasteiger partial charge in [-0.2, -0.15) is 0 Å². The second-order valence-electron chi connectivity index (χ2n) is 9.56. The Kier molecular flexibility index (Phi) is 7.41. The Hall–Kier alpha value is -3.32. The minimum atomic E-state index is -3.52. The van der Waals surface area contributed by atoms with E-state index in [9.17, 15) is 13.2 Å². The fourth-order valence-corrected chi connectivity index (χ4v) is 5.60. The lowest BCUT2D eigenvalue weighted by atomic mass is 9.83. The molecule has 0 saturated heterocycles. The Morgan fingerprint density at radius 3 is 2.25 bits per heavy atom. The lowest BCUT2D eigenvalue weighted by molar-refractivity contribution is 0.0227. The lowest BCUT2D eigenvalue weighted by Crippen LogP contribution is -2.44. The monoisotopic (exact) mass is 506 g/mol. The molecule has 0 spiro atoms. The average Bonchev–Trinajstić information content (AvgIpc) is 2.87. The van der Waals surface area contributed by atoms with Gasteiger partial charge in [0.2, 0.25) is 10.0 Å². The number of nitrogens with zero attached hydrogens (tertiary/aromatic N) is 1. The number of carbonyl (C=O) groups is 1. The highest BCUT2D eigenvalue weighted by molar-refractivity contribution is 7.92. The molecule has 1 atom stereocenters. The molecule has 190 valence electrons. The van der Waals surface area contributed by atoms with Gasteiger partial charge in [0.1, 0.15) is 11.4 Å². The summed E-state index contributed by atoms with van der Waals surface area (Å²) in [4.78, 5) is 13.2. The smallest absolute Gasteiger partial charge is 0.251 e. The minimum absolute atomic E-state index is 0.170. The first-order valence-electron chi connectivity index (χ1n) is 12.4. The van der Waals surface area contributed by atoms with Crippen LogP contribution in [-0.4, -0.2) is 26.2 Å². The number of para-hydroxylation sites is 1. The van der Waals surface area contributed by atoms with Crippen LogP contribution in [0.4, 0.5) is 5.69 Å². The number of fused-ring (bicyclic) bond motifs is 1. The number of anilines is 1. The van der Waals surface area contributed by atoms with Gasteiger partial charge in [0.15, 0.2) is 0 Å². The van der Waals surface area contributed by atoms with Crippen molar-refractivity contribution in [2.24, 2.45) is 0 Å². The van der Waals surface area contributed by atoms with Gasteiger partial charge < -0.3 is 10.1 Å². The van der Waals surface area contributed by atoms with E-state index in [1.54, 1.807) is 24.3 Å². The van der Waals surface area contributed by atoms with Crippen molar-refractivity contribution >= 4 is 21.6 Å². The Balaban J connectivity index is 1.54. The molecule has 36 heavy (non-hydrogen) atoms. The lowest BCUT2D eigenvalue weighted by Gasteiger charge is -2.41. The van der Waals surface area contributed by atoms with Gasteiger partial charge in [0, 0.05) is 17.5 Å². The van der Waals surface area contributed by atoms with Crippen LogP contribution in [0.2, 0.25) is 0 Å². The number of ether oxygens (including phenoxy) is 1. The molecule has 1 aliphatic heterocycles. The van der Waals surface area contributed by atoms with E-state index in [0.29, 0.717) is 17.7 Å². The molecule has 3 aromatic carbocycles. The Labute approximate surface area is 214 Å². The van der Waals surface area contributed by atoms with Crippen LogP contribution in [0.25, 0.3) is 0 Å². The summed E-state index contributed by atoms with van der Waals surface area (Å²) >= 11 is 0. The van der Waals surface area contributed by atoms with E-state index in [2.05, 4.69) is 19.2 Å². The van der Waals surface area contributed by atoms with E-state index < -0.39 is 10.0 Å². The first-order valence-corrected chi connectivity index (χ1v) is 14.2. The molecule has 1 amide bonds. The quantitative estimate of drug-likeness (QED) is 0.421. The van der Waals surface area contributed by atoms with Gasteiger partial charge in [0.25, 0.3) is 5.91 Å². The highest BCUT2D eigenvalue weighted by Crippen LogP contribution is 2.42. The minimum Gasteiger partial charge on any atom is -0.487 e. The molecule has 0 unspecified atom stereocenters. The number of aryl methyl sites for hydroxylation is 1. The molecule has 0 bridgehead atoms. The molecule has 0 fully saturated rings. The summed E-state index contributed by atoms with van der Waals surface area (Å²) in [6.07, 6.45) is 3.58. The zero-order chi connectivity index (χ0) is 25.9. The number of nitrogens with one attached hydrogen (secondary N) is 1. The molecular formula is C29H34N2O4S. The highest BCUT2D eigenvalue weighted by atomic mass is 32.2. The fourth-order valence-electron chi connectivity index (χ4n) is 4.71. The molecule has 1 heterocycles. The van der Waals surface area contributed by atoms with E-state index in [4.69, 9.17) is 4.74 Å². The highest BCUT2D eigenvalue weighted by Gasteiger charge is 2.39. The third kappa shape index (κ3) is 5.57. The normalized spacial score (nSPS) is 16.5. The number of amides is 1. The predicted octanol–water partition coefficient (Wildman–Crippen LogP) is 5.77. The first kappa shape index (κ1) is 25.8. The van der Waals surface area contributed by atoms with Crippen LogP contribution in [0, 0.1) is 6.92 Å². The zero-order valence-electron chi connectivity index (χ0n) is 21.3. The van der Waals surface area contributed by atoms with Gasteiger partial charge >= 0.3 is 0 Å². The van der Waals surface area contributed by atoms with Gasteiger partial charge in [-0.3, -0.25) is 9.10 Å². The number of hydrogen-bond donors (Lipinski definition) is 1. The van der Waals surface area contributed by atoms with E-state index in [0.717, 1.165) is 35.3 Å². The second kappa shape index (κ2) is 10.3. The standard InChI is InChI=1S/C29H34N2O4S/c1-5-29(6-2)19-26(25-9-7-8-10-27(25)35-29)30-28(32)23-15-17-24(18-16-23)31(36(4,33)34)20-22-13-11-21(3)12-14-22/h7-18,26H,5-6,19-20H2,1-4H3,(H,30,32)/t26-/m0/s1. The van der Waals surface area contributed by atoms with Crippen LogP contribution in [0.15, 0.2) is 72.8 Å². The zero-order valence-corrected chi connectivity index (χ0v) is 22.1. The van der Waals surface area contributed by atoms with Crippen molar-refractivity contribution in [1.82, 2.24) is 5.32 Å². The molecule has 3 aromatic rings. The van der Waals surface area contributed by atoms with E-state index in [-0.39, 0.29) is 24.1 Å². The summed E-state index contributed by atoms with van der Waals surface area (Å²) in [5.74, 6) is 0.613. The van der Waals surface area contributed by atoms with Crippen molar-refractivity contribution < 1.29 is 17.9 Å². The van der Waals surface area contributed by atoms with Gasteiger partial charge in [0.05, 0.1) is 24.5 Å². The van der Waals surface area contributed by atoms with Crippen molar-refractivity contribution in [2.45, 2.75) is 58.2 Å². The molecule has 1 aliphatic rings. The number of carbonyl (C=O) groups excluding carboxylic acids is 1. The average molecular weight is 507 g/mol. The molecule has 4 rings (SSSR count). The van der Waals surface area contributed by atoms with Crippen molar-refractivity contribution in [3.05, 3.63) is 95.1 Å². The van der Waals surface area contributed by atoms with Gasteiger partial charge in [-0.15, -0.1) is 0 Å². The van der Waals surface area contributed by atoms with E-state index in [1.807, 2.05) is 55.5 Å². The fraction of sp³-hybridized carbons (Fsp3) is 0.345. The van der Waals surface area contributed by atoms with Gasteiger partial charge in [-0.25, -0.2) is 8.42 Å². The van der Waals surface area contributed by atoms with Crippen LogP contribution in [0.3, 0.4) is 0 Å². The van der Waals surface area contributed by atoms with Crippen LogP contribution in [-0.2, 0) is 16.6 Å². The van der Waals surface area contributed by atoms with Crippen LogP contribution in [0.1, 0.15) is 66.2 Å². The van der Waals surface area contributed by atoms with Gasteiger partial charge in [-0.1, -0.05) is 61.9 Å². The molecular weight excluding hydrogens is 472 g/mol. The third-order valence-electron chi connectivity index (χ3n) is 7.06. The van der Waals surface area contributed by atoms with Crippen molar-refractivity contribution in [3.8, 4) is 5.75 Å². The number of sulfonamides is 1. The summed E-state index contributed by atoms with van der Waals surface area (Å²) in [6.45, 7) is 6.43. The summed E-state index contributed by atoms with van der Waals surface area (Å²) < 4.78 is 32.8. The Morgan fingerprint density at radius 1 is 1.00 bits per heavy atom. The van der Waals surface area contributed by atoms with Crippen molar-refractivity contribution in [2.75, 3.05) is 10.6 Å². The molecule has 1 N–H and O–H groups in total. The maximum absolute atomic E-state index is 13.2. The summed E-state index contributed by atoms with van der Waals surface area (Å²) in [6, 6.07) is 22.2. The number of rotatable bonds is 8. The van der Waals surface area contributed by atoms with Crippen molar-refractivity contribution in [3.63, 3.8) is 0 Å². The maximum Gasteiger partial charge on any atom is 0.251 e. The van der Waals surface area contributed by atoms with E-state index >= 15 is 0 Å². The third-order valence-corrected chi connectivity index (χ3v) is 8.20. The Morgan fingerprint density at radius 2 is 1.64 bits per heavy atom. The molecule has 0 saturated carbocycles. The first-order chi connectivity index (χ1) is 17.1. The van der Waals surface area contributed by atoms with Gasteiger partial charge in [-0.05, 0) is 55.7 Å². The molecule has 7 heteroatoms. The number of benzene rings is 3.